The molecule has 1 aromatic rings. The van der Waals surface area contributed by atoms with Gasteiger partial charge in [0.1, 0.15) is 30.2 Å². The zero-order chi connectivity index (χ0) is 41.8. The average Bonchev–Trinajstić information content (AvgIpc) is 3.09. The van der Waals surface area contributed by atoms with E-state index in [-0.39, 0.29) is 18.8 Å². The molecule has 0 aromatic heterocycles. The van der Waals surface area contributed by atoms with Crippen LogP contribution >= 0.6 is 11.8 Å². The summed E-state index contributed by atoms with van der Waals surface area (Å²) in [6.45, 7) is 6.30. The van der Waals surface area contributed by atoms with E-state index in [4.69, 9.17) is 16.6 Å². The lowest BCUT2D eigenvalue weighted by Crippen LogP contribution is -2.59. The van der Waals surface area contributed by atoms with Crippen LogP contribution in [0, 0.1) is 11.8 Å². The van der Waals surface area contributed by atoms with Crippen LogP contribution in [-0.2, 0) is 49.6 Å². The lowest BCUT2D eigenvalue weighted by molar-refractivity contribution is -0.142. The number of primary amides is 1. The maximum Gasteiger partial charge on any atom is 0.305 e. The number of aliphatic carboxylic acids is 2. The number of thioether (sulfide) groups is 1. The van der Waals surface area contributed by atoms with E-state index in [2.05, 4.69) is 31.9 Å². The van der Waals surface area contributed by atoms with Gasteiger partial charge in [-0.15, -0.1) is 0 Å². The Bertz CT molecular complexity index is 1510. The maximum absolute atomic E-state index is 13.7. The fourth-order valence-corrected chi connectivity index (χ4v) is 5.55. The molecule has 55 heavy (non-hydrogen) atoms. The first-order valence-corrected chi connectivity index (χ1v) is 18.9. The van der Waals surface area contributed by atoms with Crippen LogP contribution < -0.4 is 43.4 Å². The van der Waals surface area contributed by atoms with E-state index in [1.165, 1.54) is 11.8 Å². The first kappa shape index (κ1) is 47.8. The molecule has 6 atom stereocenters. The zero-order valence-electron chi connectivity index (χ0n) is 31.6. The summed E-state index contributed by atoms with van der Waals surface area (Å²) in [5.74, 6) is -8.84. The van der Waals surface area contributed by atoms with E-state index in [1.807, 2.05) is 20.1 Å². The molecule has 0 radical (unpaired) electrons. The second kappa shape index (κ2) is 24.2. The summed E-state index contributed by atoms with van der Waals surface area (Å²) in [5, 5.41) is 33.0. The Morgan fingerprint density at radius 1 is 0.691 bits per heavy atom. The minimum Gasteiger partial charge on any atom is -0.481 e. The Labute approximate surface area is 323 Å². The van der Waals surface area contributed by atoms with E-state index in [0.717, 1.165) is 0 Å². The molecular weight excluding hydrogens is 740 g/mol. The van der Waals surface area contributed by atoms with Gasteiger partial charge < -0.3 is 53.6 Å². The monoisotopic (exact) mass is 794 g/mol. The van der Waals surface area contributed by atoms with E-state index in [0.29, 0.717) is 17.7 Å². The molecule has 19 nitrogen and oxygen atoms in total. The third-order valence-electron chi connectivity index (χ3n) is 7.96. The Hall–Kier alpha value is -5.24. The molecule has 0 saturated carbocycles. The topological polar surface area (TPSA) is 318 Å². The fourth-order valence-electron chi connectivity index (χ4n) is 5.08. The number of hydrogen-bond acceptors (Lipinski definition) is 11. The lowest BCUT2D eigenvalue weighted by Gasteiger charge is -2.27. The van der Waals surface area contributed by atoms with Gasteiger partial charge in [-0.25, -0.2) is 0 Å². The summed E-state index contributed by atoms with van der Waals surface area (Å²) >= 11 is 1.47. The van der Waals surface area contributed by atoms with Crippen molar-refractivity contribution in [2.75, 3.05) is 18.6 Å². The molecular formula is C35H54N8O11S. The van der Waals surface area contributed by atoms with E-state index in [1.54, 1.807) is 44.2 Å². The number of hydrogen-bond donors (Lipinski definition) is 10. The lowest BCUT2D eigenvalue weighted by atomic mass is 10.0. The Kier molecular flexibility index (Phi) is 21.0. The first-order chi connectivity index (χ1) is 25.7. The van der Waals surface area contributed by atoms with Gasteiger partial charge in [-0.3, -0.25) is 43.2 Å². The Balaban J connectivity index is 3.15. The third kappa shape index (κ3) is 18.6. The van der Waals surface area contributed by atoms with Crippen molar-refractivity contribution in [2.45, 2.75) is 96.1 Å². The predicted octanol–water partition coefficient (Wildman–Crippen LogP) is -2.01. The van der Waals surface area contributed by atoms with Gasteiger partial charge in [0, 0.05) is 6.42 Å². The minimum atomic E-state index is -1.75. The predicted molar refractivity (Wildman–Crippen MR) is 202 cm³/mol. The second-order valence-corrected chi connectivity index (χ2v) is 14.5. The van der Waals surface area contributed by atoms with Gasteiger partial charge in [-0.05, 0) is 42.2 Å². The van der Waals surface area contributed by atoms with Gasteiger partial charge >= 0.3 is 11.9 Å². The van der Waals surface area contributed by atoms with Gasteiger partial charge in [-0.1, -0.05) is 58.0 Å². The number of benzene rings is 1. The van der Waals surface area contributed by atoms with Crippen molar-refractivity contribution in [1.29, 1.82) is 0 Å². The van der Waals surface area contributed by atoms with Crippen LogP contribution in [-0.4, -0.2) is 118 Å². The number of carboxylic acid groups (broad SMARTS) is 2. The number of carbonyl (C=O) groups excluding carboxylic acids is 7. The number of nitrogens with two attached hydrogens (primary N) is 2. The molecule has 0 saturated heterocycles. The molecule has 0 aliphatic heterocycles. The van der Waals surface area contributed by atoms with Crippen LogP contribution in [0.2, 0.25) is 0 Å². The summed E-state index contributed by atoms with van der Waals surface area (Å²) < 4.78 is 0. The molecule has 0 spiro atoms. The van der Waals surface area contributed by atoms with Crippen LogP contribution in [0.15, 0.2) is 30.3 Å². The van der Waals surface area contributed by atoms with Crippen LogP contribution in [0.5, 0.6) is 0 Å². The molecule has 0 fully saturated rings. The van der Waals surface area contributed by atoms with Crippen molar-refractivity contribution in [3.63, 3.8) is 0 Å². The SMILES string of the molecule is CSCC[C@H](NC(=O)[C@H](CC(C)C)NC(=O)CNC(=O)[C@@H](NC(=O)[C@H](Cc1ccccc1)NC(=O)[C@H](CC(=O)O)NC(=O)[C@@H](N)CC(=O)O)C(C)C)C(N)=O. The maximum atomic E-state index is 13.7. The first-order valence-electron chi connectivity index (χ1n) is 17.5. The average molecular weight is 795 g/mol. The van der Waals surface area contributed by atoms with E-state index >= 15 is 0 Å². The van der Waals surface area contributed by atoms with E-state index in [9.17, 15) is 48.3 Å². The summed E-state index contributed by atoms with van der Waals surface area (Å²) in [6.07, 6.45) is 0.483. The molecule has 0 aliphatic carbocycles. The van der Waals surface area contributed by atoms with Crippen LogP contribution in [0.1, 0.15) is 58.9 Å². The van der Waals surface area contributed by atoms with Gasteiger partial charge in [0.15, 0.2) is 0 Å². The van der Waals surface area contributed by atoms with Crippen LogP contribution in [0.4, 0.5) is 0 Å². The summed E-state index contributed by atoms with van der Waals surface area (Å²) in [4.78, 5) is 113. The van der Waals surface area contributed by atoms with Gasteiger partial charge in [-0.2, -0.15) is 11.8 Å². The highest BCUT2D eigenvalue weighted by Gasteiger charge is 2.33. The minimum absolute atomic E-state index is 0.0427. The molecule has 1 aromatic carbocycles. The van der Waals surface area contributed by atoms with Crippen LogP contribution in [0.3, 0.4) is 0 Å². The Morgan fingerprint density at radius 3 is 1.76 bits per heavy atom. The number of amides is 7. The normalized spacial score (nSPS) is 14.3. The van der Waals surface area contributed by atoms with Crippen molar-refractivity contribution in [3.8, 4) is 0 Å². The number of rotatable bonds is 25. The molecule has 1 rings (SSSR count). The molecule has 0 aliphatic rings. The largest absolute Gasteiger partial charge is 0.481 e. The van der Waals surface area contributed by atoms with Crippen molar-refractivity contribution in [2.24, 2.45) is 23.3 Å². The summed E-state index contributed by atoms with van der Waals surface area (Å²) in [5.41, 5.74) is 11.6. The Morgan fingerprint density at radius 2 is 1.24 bits per heavy atom. The highest BCUT2D eigenvalue weighted by molar-refractivity contribution is 7.98. The van der Waals surface area contributed by atoms with Crippen LogP contribution in [0.25, 0.3) is 0 Å². The highest BCUT2D eigenvalue weighted by atomic mass is 32.2. The quantitative estimate of drug-likeness (QED) is 0.0512. The van der Waals surface area contributed by atoms with E-state index < -0.39 is 115 Å². The molecule has 306 valence electrons. The molecule has 7 amide bonds. The second-order valence-electron chi connectivity index (χ2n) is 13.6. The number of carbonyl (C=O) groups is 9. The number of carboxylic acids is 2. The fraction of sp³-hybridized carbons (Fsp3) is 0.571. The summed E-state index contributed by atoms with van der Waals surface area (Å²) in [7, 11) is 0. The van der Waals surface area contributed by atoms with Gasteiger partial charge in [0.05, 0.1) is 25.4 Å². The van der Waals surface area contributed by atoms with Gasteiger partial charge in [0.2, 0.25) is 41.4 Å². The number of nitrogens with one attached hydrogen (secondary N) is 6. The molecule has 0 bridgehead atoms. The molecule has 20 heteroatoms. The molecule has 0 unspecified atom stereocenters. The highest BCUT2D eigenvalue weighted by Crippen LogP contribution is 2.10. The zero-order valence-corrected chi connectivity index (χ0v) is 32.4. The van der Waals surface area contributed by atoms with Gasteiger partial charge in [0.25, 0.3) is 0 Å². The third-order valence-corrected chi connectivity index (χ3v) is 8.60. The smallest absolute Gasteiger partial charge is 0.305 e. The standard InChI is InChI=1S/C35H54N8O11S/c1-18(2)13-23(32(51)40-22(30(37)49)11-12-55-5)39-26(44)17-38-35(54)29(19(3)4)43-34(53)24(14-20-9-7-6-8-10-20)42-33(52)25(16-28(47)48)41-31(50)21(36)15-27(45)46/h6-10,18-19,21-25,29H,11-17,36H2,1-5H3,(H2,37,49)(H,38,54)(H,39,44)(H,40,51)(H,41,50)(H,42,52)(H,43,53)(H,45,46)(H,47,48)/t21-,22-,23-,24-,25-,29-/m0/s1. The molecule has 12 N–H and O–H groups in total. The van der Waals surface area contributed by atoms with Crippen molar-refractivity contribution < 1.29 is 53.4 Å². The molecule has 0 heterocycles. The summed E-state index contributed by atoms with van der Waals surface area (Å²) in [6, 6.07) is 0.377. The van der Waals surface area contributed by atoms with Crippen molar-refractivity contribution in [1.82, 2.24) is 31.9 Å². The van der Waals surface area contributed by atoms with Crippen molar-refractivity contribution in [3.05, 3.63) is 35.9 Å². The van der Waals surface area contributed by atoms with Crippen molar-refractivity contribution >= 4 is 65.1 Å².